The molecular weight excluding hydrogens is 224 g/mol. The minimum atomic E-state index is 0.143. The van der Waals surface area contributed by atoms with Crippen molar-refractivity contribution in [3.63, 3.8) is 0 Å². The van der Waals surface area contributed by atoms with Crippen LogP contribution in [0.25, 0.3) is 10.9 Å². The van der Waals surface area contributed by atoms with Crippen molar-refractivity contribution < 1.29 is 4.74 Å². The maximum absolute atomic E-state index is 6.09. The van der Waals surface area contributed by atoms with Gasteiger partial charge in [-0.15, -0.1) is 0 Å². The number of methoxy groups -OCH3 is 1. The van der Waals surface area contributed by atoms with E-state index in [1.54, 1.807) is 7.11 Å². The lowest BCUT2D eigenvalue weighted by Crippen LogP contribution is -2.29. The first-order valence-electron chi connectivity index (χ1n) is 6.30. The second kappa shape index (κ2) is 5.36. The van der Waals surface area contributed by atoms with Crippen molar-refractivity contribution in [1.82, 2.24) is 4.98 Å². The molecule has 1 atom stereocenters. The summed E-state index contributed by atoms with van der Waals surface area (Å²) >= 11 is 0. The fourth-order valence-corrected chi connectivity index (χ4v) is 1.92. The Morgan fingerprint density at radius 1 is 1.22 bits per heavy atom. The van der Waals surface area contributed by atoms with Gasteiger partial charge in [-0.3, -0.25) is 0 Å². The normalized spacial score (nSPS) is 12.9. The summed E-state index contributed by atoms with van der Waals surface area (Å²) in [5.41, 5.74) is 8.02. The molecule has 0 bridgehead atoms. The molecule has 0 radical (unpaired) electrons. The van der Waals surface area contributed by atoms with E-state index >= 15 is 0 Å². The molecule has 2 rings (SSSR count). The van der Waals surface area contributed by atoms with Gasteiger partial charge in [-0.05, 0) is 18.1 Å². The molecule has 0 aliphatic heterocycles. The molecule has 18 heavy (non-hydrogen) atoms. The molecular formula is C15H20N2O. The van der Waals surface area contributed by atoms with E-state index in [0.717, 1.165) is 28.8 Å². The topological polar surface area (TPSA) is 48.1 Å². The van der Waals surface area contributed by atoms with Crippen LogP contribution in [0.5, 0.6) is 5.75 Å². The number of hydrogen-bond donors (Lipinski definition) is 1. The van der Waals surface area contributed by atoms with Gasteiger partial charge in [0, 0.05) is 23.5 Å². The Hall–Kier alpha value is -1.61. The highest BCUT2D eigenvalue weighted by atomic mass is 16.5. The van der Waals surface area contributed by atoms with Gasteiger partial charge >= 0.3 is 0 Å². The van der Waals surface area contributed by atoms with Gasteiger partial charge in [0.2, 0.25) is 0 Å². The zero-order chi connectivity index (χ0) is 13.1. The second-order valence-electron chi connectivity index (χ2n) is 4.95. The summed E-state index contributed by atoms with van der Waals surface area (Å²) in [4.78, 5) is 4.66. The van der Waals surface area contributed by atoms with Gasteiger partial charge < -0.3 is 10.5 Å². The highest BCUT2D eigenvalue weighted by Crippen LogP contribution is 2.24. The van der Waals surface area contributed by atoms with Crippen LogP contribution in [0.4, 0.5) is 0 Å². The van der Waals surface area contributed by atoms with Crippen LogP contribution in [0, 0.1) is 5.92 Å². The largest absolute Gasteiger partial charge is 0.494 e. The quantitative estimate of drug-likeness (QED) is 0.899. The molecule has 0 aliphatic carbocycles. The predicted octanol–water partition coefficient (Wildman–Crippen LogP) is 2.77. The Morgan fingerprint density at radius 2 is 2.00 bits per heavy atom. The predicted molar refractivity (Wildman–Crippen MR) is 74.8 cm³/mol. The summed E-state index contributed by atoms with van der Waals surface area (Å²) in [6, 6.07) is 10.2. The fourth-order valence-electron chi connectivity index (χ4n) is 1.92. The first kappa shape index (κ1) is 12.8. The van der Waals surface area contributed by atoms with Crippen LogP contribution in [0.2, 0.25) is 0 Å². The number of nitrogens with zero attached hydrogens (tertiary/aromatic N) is 1. The highest BCUT2D eigenvalue weighted by molar-refractivity contribution is 5.84. The maximum atomic E-state index is 6.09. The maximum Gasteiger partial charge on any atom is 0.145 e. The van der Waals surface area contributed by atoms with Crippen molar-refractivity contribution in [2.45, 2.75) is 26.3 Å². The number of fused-ring (bicyclic) bond motifs is 1. The smallest absolute Gasteiger partial charge is 0.145 e. The van der Waals surface area contributed by atoms with E-state index < -0.39 is 0 Å². The Bertz CT molecular complexity index is 537. The van der Waals surface area contributed by atoms with Gasteiger partial charge in [0.15, 0.2) is 0 Å². The van der Waals surface area contributed by atoms with E-state index in [9.17, 15) is 0 Å². The van der Waals surface area contributed by atoms with Gasteiger partial charge in [0.1, 0.15) is 11.3 Å². The van der Waals surface area contributed by atoms with Crippen LogP contribution in [0.1, 0.15) is 19.5 Å². The number of benzene rings is 1. The third-order valence-corrected chi connectivity index (χ3v) is 3.26. The van der Waals surface area contributed by atoms with Crippen LogP contribution < -0.4 is 10.5 Å². The highest BCUT2D eigenvalue weighted by Gasteiger charge is 2.10. The molecule has 0 fully saturated rings. The van der Waals surface area contributed by atoms with Crippen LogP contribution in [-0.2, 0) is 6.42 Å². The van der Waals surface area contributed by atoms with Crippen LogP contribution in [-0.4, -0.2) is 18.1 Å². The first-order chi connectivity index (χ1) is 8.61. The molecule has 1 heterocycles. The summed E-state index contributed by atoms with van der Waals surface area (Å²) in [6.45, 7) is 4.26. The molecule has 0 saturated carbocycles. The van der Waals surface area contributed by atoms with Crippen LogP contribution >= 0.6 is 0 Å². The van der Waals surface area contributed by atoms with E-state index in [2.05, 4.69) is 24.9 Å². The third kappa shape index (κ3) is 2.62. The van der Waals surface area contributed by atoms with Crippen LogP contribution in [0.15, 0.2) is 30.3 Å². The van der Waals surface area contributed by atoms with Crippen molar-refractivity contribution in [2.24, 2.45) is 11.7 Å². The van der Waals surface area contributed by atoms with E-state index in [4.69, 9.17) is 10.5 Å². The van der Waals surface area contributed by atoms with Gasteiger partial charge in [0.05, 0.1) is 7.11 Å². The lowest BCUT2D eigenvalue weighted by molar-refractivity contribution is 0.418. The average molecular weight is 244 g/mol. The molecule has 1 unspecified atom stereocenters. The summed E-state index contributed by atoms with van der Waals surface area (Å²) in [5, 5.41) is 1.09. The van der Waals surface area contributed by atoms with E-state index in [1.165, 1.54) is 0 Å². The van der Waals surface area contributed by atoms with E-state index in [0.29, 0.717) is 5.92 Å². The lowest BCUT2D eigenvalue weighted by Gasteiger charge is -2.15. The monoisotopic (exact) mass is 244 g/mol. The summed E-state index contributed by atoms with van der Waals surface area (Å²) in [7, 11) is 1.67. The number of rotatable bonds is 4. The molecule has 0 spiro atoms. The minimum Gasteiger partial charge on any atom is -0.494 e. The zero-order valence-corrected chi connectivity index (χ0v) is 11.2. The number of pyridine rings is 1. The van der Waals surface area contributed by atoms with Crippen LogP contribution in [0.3, 0.4) is 0 Å². The number of para-hydroxylation sites is 1. The van der Waals surface area contributed by atoms with Crippen molar-refractivity contribution in [3.05, 3.63) is 36.0 Å². The molecule has 2 aromatic rings. The van der Waals surface area contributed by atoms with Gasteiger partial charge in [-0.1, -0.05) is 32.0 Å². The first-order valence-corrected chi connectivity index (χ1v) is 6.30. The summed E-state index contributed by atoms with van der Waals surface area (Å²) in [6.07, 6.45) is 0.797. The summed E-state index contributed by atoms with van der Waals surface area (Å²) < 4.78 is 5.34. The Morgan fingerprint density at radius 3 is 2.67 bits per heavy atom. The van der Waals surface area contributed by atoms with E-state index in [-0.39, 0.29) is 6.04 Å². The van der Waals surface area contributed by atoms with Gasteiger partial charge in [-0.25, -0.2) is 4.98 Å². The number of hydrogen-bond acceptors (Lipinski definition) is 3. The Balaban J connectivity index is 2.37. The van der Waals surface area contributed by atoms with Crippen molar-refractivity contribution >= 4 is 10.9 Å². The number of ether oxygens (including phenoxy) is 1. The Kier molecular flexibility index (Phi) is 3.82. The lowest BCUT2D eigenvalue weighted by atomic mass is 10.00. The fraction of sp³-hybridized carbons (Fsp3) is 0.400. The molecule has 96 valence electrons. The van der Waals surface area contributed by atoms with Gasteiger partial charge in [0.25, 0.3) is 0 Å². The number of nitrogens with two attached hydrogens (primary N) is 1. The molecule has 3 heteroatoms. The van der Waals surface area contributed by atoms with E-state index in [1.807, 2.05) is 24.3 Å². The molecule has 1 aromatic carbocycles. The van der Waals surface area contributed by atoms with Gasteiger partial charge in [-0.2, -0.15) is 0 Å². The zero-order valence-electron chi connectivity index (χ0n) is 11.2. The summed E-state index contributed by atoms with van der Waals surface area (Å²) in [5.74, 6) is 1.27. The molecule has 0 saturated heterocycles. The molecule has 0 amide bonds. The Labute approximate surface area is 108 Å². The van der Waals surface area contributed by atoms with Crippen molar-refractivity contribution in [1.29, 1.82) is 0 Å². The average Bonchev–Trinajstić information content (AvgIpc) is 2.37. The van der Waals surface area contributed by atoms with Crippen molar-refractivity contribution in [2.75, 3.05) is 7.11 Å². The molecule has 2 N–H and O–H groups in total. The second-order valence-corrected chi connectivity index (χ2v) is 4.95. The standard InChI is InChI=1S/C15H20N2O/c1-10(2)13(16)9-12-8-7-11-5-4-6-14(18-3)15(11)17-12/h4-8,10,13H,9,16H2,1-3H3. The molecule has 3 nitrogen and oxygen atoms in total. The van der Waals surface area contributed by atoms with Crippen molar-refractivity contribution in [3.8, 4) is 5.75 Å². The molecule has 0 aliphatic rings. The molecule has 1 aromatic heterocycles. The minimum absolute atomic E-state index is 0.143. The third-order valence-electron chi connectivity index (χ3n) is 3.26. The SMILES string of the molecule is COc1cccc2ccc(CC(N)C(C)C)nc12. The number of aromatic nitrogens is 1.